The smallest absolute Gasteiger partial charge is 0.00555 e. The van der Waals surface area contributed by atoms with E-state index in [1.807, 2.05) is 0 Å². The number of fused-ring (bicyclic) bond motifs is 1. The quantitative estimate of drug-likeness (QED) is 0.436. The van der Waals surface area contributed by atoms with Crippen molar-refractivity contribution in [2.24, 2.45) is 10.8 Å². The first kappa shape index (κ1) is 3.71. The summed E-state index contributed by atoms with van der Waals surface area (Å²) in [7, 11) is 0. The maximum absolute atomic E-state index is 3.78. The molecule has 0 bridgehead atoms. The van der Waals surface area contributed by atoms with E-state index in [1.165, 1.54) is 12.8 Å². The number of hydrogen-bond donors (Lipinski definition) is 0. The molecule has 2 fully saturated rings. The molecule has 0 aromatic carbocycles. The van der Waals surface area contributed by atoms with Crippen molar-refractivity contribution in [3.63, 3.8) is 0 Å². The zero-order valence-electron chi connectivity index (χ0n) is 4.70. The molecule has 0 nitrogen and oxygen atoms in total. The van der Waals surface area contributed by atoms with E-state index < -0.39 is 0 Å². The Balaban J connectivity index is 2.28. The monoisotopic (exact) mass is 94.1 g/mol. The van der Waals surface area contributed by atoms with Gasteiger partial charge in [0.2, 0.25) is 0 Å². The largest absolute Gasteiger partial charge is 0.103 e. The predicted molar refractivity (Wildman–Crippen MR) is 30.0 cm³/mol. The van der Waals surface area contributed by atoms with Crippen LogP contribution >= 0.6 is 0 Å². The molecule has 2 saturated carbocycles. The topological polar surface area (TPSA) is 0 Å². The molecule has 2 aliphatic rings. The molecule has 0 aromatic heterocycles. The lowest BCUT2D eigenvalue weighted by molar-refractivity contribution is 0.708. The van der Waals surface area contributed by atoms with Crippen LogP contribution in [0.1, 0.15) is 19.8 Å². The molecule has 0 radical (unpaired) electrons. The molecular weight excluding hydrogens is 84.1 g/mol. The first-order valence-electron chi connectivity index (χ1n) is 2.86. The van der Waals surface area contributed by atoms with Crippen LogP contribution in [0.15, 0.2) is 12.7 Å². The Morgan fingerprint density at radius 2 is 2.00 bits per heavy atom. The molecule has 0 aliphatic heterocycles. The van der Waals surface area contributed by atoms with Gasteiger partial charge in [-0.1, -0.05) is 13.0 Å². The van der Waals surface area contributed by atoms with Gasteiger partial charge in [0, 0.05) is 0 Å². The second kappa shape index (κ2) is 0.594. The molecule has 0 unspecified atom stereocenters. The average molecular weight is 94.2 g/mol. The molecule has 0 amide bonds. The summed E-state index contributed by atoms with van der Waals surface area (Å²) in [6.07, 6.45) is 4.97. The standard InChI is InChI=1S/C7H10/c1-3-7-4-6(7,2)5-7/h3H,1,4-5H2,2H3. The fourth-order valence-electron chi connectivity index (χ4n) is 1.64. The van der Waals surface area contributed by atoms with Gasteiger partial charge in [-0.25, -0.2) is 0 Å². The summed E-state index contributed by atoms with van der Waals surface area (Å²) in [5.74, 6) is 0. The highest BCUT2D eigenvalue weighted by molar-refractivity contribution is 5.35. The third-order valence-corrected chi connectivity index (χ3v) is 2.75. The number of hydrogen-bond acceptors (Lipinski definition) is 0. The zero-order valence-corrected chi connectivity index (χ0v) is 4.70. The minimum atomic E-state index is 0.660. The van der Waals surface area contributed by atoms with Crippen molar-refractivity contribution < 1.29 is 0 Å². The molecule has 0 heteroatoms. The van der Waals surface area contributed by atoms with Crippen LogP contribution in [0.5, 0.6) is 0 Å². The lowest BCUT2D eigenvalue weighted by Gasteiger charge is -1.85. The van der Waals surface area contributed by atoms with Gasteiger partial charge >= 0.3 is 0 Å². The summed E-state index contributed by atoms with van der Waals surface area (Å²) in [4.78, 5) is 0. The van der Waals surface area contributed by atoms with Gasteiger partial charge in [-0.2, -0.15) is 0 Å². The Morgan fingerprint density at radius 1 is 1.57 bits per heavy atom. The van der Waals surface area contributed by atoms with E-state index in [0.29, 0.717) is 5.41 Å². The second-order valence-electron chi connectivity index (χ2n) is 3.27. The van der Waals surface area contributed by atoms with Crippen LogP contribution in [-0.4, -0.2) is 0 Å². The lowest BCUT2D eigenvalue weighted by atomic mass is 10.2. The molecule has 0 saturated heterocycles. The normalized spacial score (nSPS) is 63.6. The van der Waals surface area contributed by atoms with Crippen LogP contribution < -0.4 is 0 Å². The lowest BCUT2D eigenvalue weighted by Crippen LogP contribution is -1.73. The van der Waals surface area contributed by atoms with Crippen LogP contribution in [0.4, 0.5) is 0 Å². The van der Waals surface area contributed by atoms with Gasteiger partial charge in [0.1, 0.15) is 0 Å². The highest BCUT2D eigenvalue weighted by Gasteiger charge is 2.77. The van der Waals surface area contributed by atoms with Gasteiger partial charge in [-0.05, 0) is 23.7 Å². The van der Waals surface area contributed by atoms with Crippen molar-refractivity contribution >= 4 is 0 Å². The Morgan fingerprint density at radius 3 is 2.00 bits per heavy atom. The molecule has 0 spiro atoms. The number of allylic oxidation sites excluding steroid dienone is 1. The fourth-order valence-corrected chi connectivity index (χ4v) is 1.64. The van der Waals surface area contributed by atoms with Crippen LogP contribution in [0.2, 0.25) is 0 Å². The van der Waals surface area contributed by atoms with Crippen molar-refractivity contribution in [2.45, 2.75) is 19.8 Å². The molecule has 38 valence electrons. The van der Waals surface area contributed by atoms with E-state index in [2.05, 4.69) is 19.6 Å². The maximum atomic E-state index is 3.78. The van der Waals surface area contributed by atoms with Crippen molar-refractivity contribution in [1.82, 2.24) is 0 Å². The van der Waals surface area contributed by atoms with Crippen molar-refractivity contribution in [2.75, 3.05) is 0 Å². The van der Waals surface area contributed by atoms with Crippen molar-refractivity contribution in [3.8, 4) is 0 Å². The van der Waals surface area contributed by atoms with E-state index in [-0.39, 0.29) is 0 Å². The first-order chi connectivity index (χ1) is 3.22. The zero-order chi connectivity index (χ0) is 5.12. The van der Waals surface area contributed by atoms with E-state index in [4.69, 9.17) is 0 Å². The van der Waals surface area contributed by atoms with E-state index >= 15 is 0 Å². The highest BCUT2D eigenvalue weighted by Crippen LogP contribution is 2.86. The van der Waals surface area contributed by atoms with E-state index in [1.54, 1.807) is 0 Å². The van der Waals surface area contributed by atoms with Crippen LogP contribution in [-0.2, 0) is 0 Å². The predicted octanol–water partition coefficient (Wildman–Crippen LogP) is 1.97. The van der Waals surface area contributed by atoms with Crippen molar-refractivity contribution in [1.29, 1.82) is 0 Å². The molecule has 2 aliphatic carbocycles. The summed E-state index contributed by atoms with van der Waals surface area (Å²) in [5, 5.41) is 0. The summed E-state index contributed by atoms with van der Waals surface area (Å²) >= 11 is 0. The Labute approximate surface area is 44.2 Å². The average Bonchev–Trinajstić information content (AvgIpc) is 2.24. The Bertz CT molecular complexity index is 127. The molecule has 0 aromatic rings. The summed E-state index contributed by atoms with van der Waals surface area (Å²) in [5.41, 5.74) is 1.40. The van der Waals surface area contributed by atoms with Gasteiger partial charge in [0.05, 0.1) is 0 Å². The van der Waals surface area contributed by atoms with E-state index in [0.717, 1.165) is 5.41 Å². The highest BCUT2D eigenvalue weighted by atomic mass is 14.8. The van der Waals surface area contributed by atoms with Crippen LogP contribution in [0, 0.1) is 10.8 Å². The van der Waals surface area contributed by atoms with Crippen LogP contribution in [0.3, 0.4) is 0 Å². The summed E-state index contributed by atoms with van der Waals surface area (Å²) < 4.78 is 0. The summed E-state index contributed by atoms with van der Waals surface area (Å²) in [6.45, 7) is 6.12. The fraction of sp³-hybridized carbons (Fsp3) is 0.714. The third-order valence-electron chi connectivity index (χ3n) is 2.75. The molecular formula is C7H10. The Hall–Kier alpha value is -0.260. The van der Waals surface area contributed by atoms with Gasteiger partial charge in [0.25, 0.3) is 0 Å². The molecule has 7 heavy (non-hydrogen) atoms. The molecule has 2 rings (SSSR count). The molecule has 0 heterocycles. The van der Waals surface area contributed by atoms with Gasteiger partial charge in [-0.15, -0.1) is 6.58 Å². The molecule has 0 N–H and O–H groups in total. The van der Waals surface area contributed by atoms with Crippen LogP contribution in [0.25, 0.3) is 0 Å². The van der Waals surface area contributed by atoms with Crippen molar-refractivity contribution in [3.05, 3.63) is 12.7 Å². The van der Waals surface area contributed by atoms with Gasteiger partial charge in [-0.3, -0.25) is 0 Å². The minimum absolute atomic E-state index is 0.660. The molecule has 0 atom stereocenters. The Kier molecular flexibility index (Phi) is 0.314. The van der Waals surface area contributed by atoms with E-state index in [9.17, 15) is 0 Å². The first-order valence-corrected chi connectivity index (χ1v) is 2.86. The number of rotatable bonds is 1. The van der Waals surface area contributed by atoms with Gasteiger partial charge in [0.15, 0.2) is 0 Å². The maximum Gasteiger partial charge on any atom is -0.00555 e. The SMILES string of the molecule is C=CC12CC1(C)C2. The minimum Gasteiger partial charge on any atom is -0.103 e. The van der Waals surface area contributed by atoms with Gasteiger partial charge < -0.3 is 0 Å². The third kappa shape index (κ3) is 0.206. The summed E-state index contributed by atoms with van der Waals surface area (Å²) in [6, 6.07) is 0. The second-order valence-corrected chi connectivity index (χ2v) is 3.27.